The van der Waals surface area contributed by atoms with Gasteiger partial charge >= 0.3 is 0 Å². The molecule has 0 aromatic heterocycles. The lowest BCUT2D eigenvalue weighted by Gasteiger charge is -2.18. The average molecular weight is 1140 g/mol. The molecule has 17 nitrogen and oxygen atoms in total. The summed E-state index contributed by atoms with van der Waals surface area (Å²) in [6.07, 6.45) is 46.0. The third-order valence-electron chi connectivity index (χ3n) is 12.5. The van der Waals surface area contributed by atoms with Crippen molar-refractivity contribution in [1.29, 1.82) is 0 Å². The fourth-order valence-electron chi connectivity index (χ4n) is 7.93. The number of ether oxygens (including phenoxy) is 13. The second-order valence-electron chi connectivity index (χ2n) is 19.7. The Kier molecular flexibility index (Phi) is 72.8. The van der Waals surface area contributed by atoms with Gasteiger partial charge in [0.15, 0.2) is 0 Å². The summed E-state index contributed by atoms with van der Waals surface area (Å²) in [5.74, 6) is 0. The van der Waals surface area contributed by atoms with Crippen molar-refractivity contribution in [1.82, 2.24) is 0 Å². The summed E-state index contributed by atoms with van der Waals surface area (Å²) < 4.78 is 72.2. The molecule has 1 atom stereocenters. The Bertz CT molecular complexity index is 1150. The number of hydrogen-bond donors (Lipinski definition) is 0. The average Bonchev–Trinajstić information content (AvgIpc) is 3.46. The maximum absolute atomic E-state index is 10.0. The summed E-state index contributed by atoms with van der Waals surface area (Å²) in [6.45, 7) is 16.6. The number of unbranched alkanes of at least 4 members (excludes halogenated alkanes) is 24. The summed E-state index contributed by atoms with van der Waals surface area (Å²) >= 11 is 0. The van der Waals surface area contributed by atoms with Crippen LogP contribution in [0.1, 0.15) is 194 Å². The number of carbonyl (C=O) groups is 1. The normalized spacial score (nSPS) is 12.3. The highest BCUT2D eigenvalue weighted by molar-refractivity contribution is 5.36. The molecule has 0 saturated carbocycles. The molecule has 0 saturated heterocycles. The molecular formula is C62H120O17. The molecule has 0 fully saturated rings. The highest BCUT2D eigenvalue weighted by Gasteiger charge is 2.11. The van der Waals surface area contributed by atoms with Crippen molar-refractivity contribution in [2.75, 3.05) is 172 Å². The van der Waals surface area contributed by atoms with Gasteiger partial charge in [-0.25, -0.2) is 9.78 Å². The van der Waals surface area contributed by atoms with Crippen LogP contribution in [0.2, 0.25) is 0 Å². The second kappa shape index (κ2) is 74.4. The maximum Gasteiger partial charge on any atom is 0.293 e. The smallest absolute Gasteiger partial charge is 0.293 e. The Morgan fingerprint density at radius 1 is 0.266 bits per heavy atom. The SMILES string of the molecule is CCCCCCCC/C=C\CCCCCCCCOCC(COCCOCCOCCOCCOCCOCCOOOCCOCCOCCOCCOCCOC=O)OCCCCCCCC/C=C\CCCCCCCC. The lowest BCUT2D eigenvalue weighted by molar-refractivity contribution is -0.514. The van der Waals surface area contributed by atoms with Gasteiger partial charge in [-0.3, -0.25) is 4.79 Å². The molecule has 0 radical (unpaired) electrons. The predicted molar refractivity (Wildman–Crippen MR) is 313 cm³/mol. The third kappa shape index (κ3) is 72.4. The summed E-state index contributed by atoms with van der Waals surface area (Å²) in [4.78, 5) is 19.8. The first kappa shape index (κ1) is 77.3. The molecule has 0 aliphatic heterocycles. The molecule has 0 aromatic rings. The molecule has 0 aromatic carbocycles. The Hall–Kier alpha value is -1.65. The van der Waals surface area contributed by atoms with E-state index in [1.807, 2.05) is 0 Å². The first-order chi connectivity index (χ1) is 39.3. The van der Waals surface area contributed by atoms with Crippen molar-refractivity contribution in [2.45, 2.75) is 200 Å². The summed E-state index contributed by atoms with van der Waals surface area (Å²) in [5, 5.41) is 4.65. The van der Waals surface area contributed by atoms with Gasteiger partial charge in [-0.15, -0.1) is 0 Å². The number of carbonyl (C=O) groups excluding carboxylic acids is 1. The van der Waals surface area contributed by atoms with Gasteiger partial charge in [-0.2, -0.15) is 0 Å². The van der Waals surface area contributed by atoms with Crippen LogP contribution in [-0.4, -0.2) is 184 Å². The zero-order valence-electron chi connectivity index (χ0n) is 50.6. The van der Waals surface area contributed by atoms with Gasteiger partial charge in [0.2, 0.25) is 0 Å². The number of hydrogen-bond acceptors (Lipinski definition) is 17. The molecule has 0 spiro atoms. The molecule has 17 heteroatoms. The lowest BCUT2D eigenvalue weighted by atomic mass is 10.1. The van der Waals surface area contributed by atoms with Crippen molar-refractivity contribution < 1.29 is 81.2 Å². The zero-order valence-corrected chi connectivity index (χ0v) is 50.6. The number of allylic oxidation sites excluding steroid dienone is 4. The molecule has 0 rings (SSSR count). The van der Waals surface area contributed by atoms with Gasteiger partial charge in [0.25, 0.3) is 6.47 Å². The zero-order chi connectivity index (χ0) is 56.6. The molecule has 0 bridgehead atoms. The first-order valence-corrected chi connectivity index (χ1v) is 31.6. The minimum absolute atomic E-state index is 0.0657. The largest absolute Gasteiger partial charge is 0.465 e. The Balaban J connectivity index is 3.84. The van der Waals surface area contributed by atoms with Crippen molar-refractivity contribution in [3.63, 3.8) is 0 Å². The van der Waals surface area contributed by atoms with E-state index in [2.05, 4.69) is 47.9 Å². The van der Waals surface area contributed by atoms with Crippen LogP contribution in [0, 0.1) is 0 Å². The van der Waals surface area contributed by atoms with Crippen LogP contribution in [-0.2, 0) is 81.2 Å². The molecule has 470 valence electrons. The standard InChI is InChI=1S/C62H120O17/c1-3-5-7-9-11-13-15-17-19-21-23-25-27-29-31-33-35-73-59-62(76-36-34-32-30-28-26-24-22-20-18-16-14-12-10-8-6-4-2)60-74-53-51-69-45-43-65-38-37-64-39-41-67-47-49-71-55-57-77-79-78-58-56-72-50-48-68-42-40-66-44-46-70-52-54-75-61-63/h17-20,61-62H,3-16,21-60H2,1-2H3/b19-17-,20-18-. The van der Waals surface area contributed by atoms with Crippen LogP contribution in [0.5, 0.6) is 0 Å². The minimum atomic E-state index is -0.0657. The van der Waals surface area contributed by atoms with E-state index >= 15 is 0 Å². The fourth-order valence-corrected chi connectivity index (χ4v) is 7.93. The van der Waals surface area contributed by atoms with E-state index in [4.69, 9.17) is 66.6 Å². The molecular weight excluding hydrogens is 1020 g/mol. The molecule has 1 unspecified atom stereocenters. The van der Waals surface area contributed by atoms with Crippen molar-refractivity contribution >= 4 is 6.47 Å². The van der Waals surface area contributed by atoms with E-state index in [0.29, 0.717) is 145 Å². The van der Waals surface area contributed by atoms with Gasteiger partial charge in [-0.1, -0.05) is 159 Å². The van der Waals surface area contributed by atoms with Crippen LogP contribution in [0.25, 0.3) is 0 Å². The Morgan fingerprint density at radius 2 is 0.532 bits per heavy atom. The van der Waals surface area contributed by atoms with Crippen LogP contribution < -0.4 is 0 Å². The van der Waals surface area contributed by atoms with Gasteiger partial charge in [0, 0.05) is 13.2 Å². The van der Waals surface area contributed by atoms with Gasteiger partial charge < -0.3 is 61.6 Å². The minimum Gasteiger partial charge on any atom is -0.465 e. The molecule has 0 aliphatic carbocycles. The van der Waals surface area contributed by atoms with E-state index in [0.717, 1.165) is 26.1 Å². The monoisotopic (exact) mass is 1140 g/mol. The second-order valence-corrected chi connectivity index (χ2v) is 19.7. The Morgan fingerprint density at radius 3 is 0.873 bits per heavy atom. The van der Waals surface area contributed by atoms with E-state index in [1.54, 1.807) is 0 Å². The van der Waals surface area contributed by atoms with Crippen molar-refractivity contribution in [3.8, 4) is 0 Å². The van der Waals surface area contributed by atoms with Crippen LogP contribution in [0.4, 0.5) is 0 Å². The molecule has 0 N–H and O–H groups in total. The van der Waals surface area contributed by atoms with E-state index in [-0.39, 0.29) is 25.9 Å². The van der Waals surface area contributed by atoms with Crippen LogP contribution in [0.15, 0.2) is 24.3 Å². The maximum atomic E-state index is 10.0. The molecule has 0 amide bonds. The van der Waals surface area contributed by atoms with Crippen LogP contribution >= 0.6 is 0 Å². The van der Waals surface area contributed by atoms with Crippen molar-refractivity contribution in [3.05, 3.63) is 24.3 Å². The van der Waals surface area contributed by atoms with E-state index in [1.165, 1.54) is 167 Å². The highest BCUT2D eigenvalue weighted by Crippen LogP contribution is 2.13. The topological polar surface area (TPSA) is 165 Å². The van der Waals surface area contributed by atoms with Crippen LogP contribution in [0.3, 0.4) is 0 Å². The molecule has 0 aliphatic rings. The molecule has 0 heterocycles. The van der Waals surface area contributed by atoms with Gasteiger partial charge in [-0.05, 0) is 64.2 Å². The summed E-state index contributed by atoms with van der Waals surface area (Å²) in [5.41, 5.74) is 0. The number of rotatable bonds is 73. The van der Waals surface area contributed by atoms with Gasteiger partial charge in [0.05, 0.1) is 139 Å². The fraction of sp³-hybridized carbons (Fsp3) is 0.919. The highest BCUT2D eigenvalue weighted by atomic mass is 17.5. The van der Waals surface area contributed by atoms with Crippen molar-refractivity contribution in [2.24, 2.45) is 0 Å². The summed E-state index contributed by atoms with van der Waals surface area (Å²) in [6, 6.07) is 0. The van der Waals surface area contributed by atoms with Gasteiger partial charge in [0.1, 0.15) is 25.9 Å². The van der Waals surface area contributed by atoms with E-state index < -0.39 is 0 Å². The lowest BCUT2D eigenvalue weighted by Crippen LogP contribution is -2.27. The quantitative estimate of drug-likeness (QED) is 0.0185. The first-order valence-electron chi connectivity index (χ1n) is 31.6. The Labute approximate surface area is 481 Å². The predicted octanol–water partition coefficient (Wildman–Crippen LogP) is 12.7. The summed E-state index contributed by atoms with van der Waals surface area (Å²) in [7, 11) is 0. The molecule has 79 heavy (non-hydrogen) atoms. The van der Waals surface area contributed by atoms with E-state index in [9.17, 15) is 4.79 Å². The third-order valence-corrected chi connectivity index (χ3v) is 12.5.